The predicted molar refractivity (Wildman–Crippen MR) is 94.6 cm³/mol. The molecule has 1 aliphatic rings. The van der Waals surface area contributed by atoms with E-state index in [1.807, 2.05) is 7.05 Å². The van der Waals surface area contributed by atoms with Crippen molar-refractivity contribution in [1.29, 1.82) is 0 Å². The van der Waals surface area contributed by atoms with Crippen molar-refractivity contribution < 1.29 is 28.8 Å². The van der Waals surface area contributed by atoms with Crippen LogP contribution < -0.4 is 4.90 Å². The molecule has 1 aromatic rings. The minimum atomic E-state index is -0.467. The normalized spacial score (nSPS) is 16.9. The maximum Gasteiger partial charge on any atom is 0.339 e. The molecule has 2 atom stereocenters. The molecule has 8 nitrogen and oxygen atoms in total. The molecule has 2 N–H and O–H groups in total. The van der Waals surface area contributed by atoms with Gasteiger partial charge in [-0.05, 0) is 26.3 Å². The van der Waals surface area contributed by atoms with E-state index >= 15 is 0 Å². The molecule has 1 saturated heterocycles. The highest BCUT2D eigenvalue weighted by Gasteiger charge is 2.31. The van der Waals surface area contributed by atoms with Gasteiger partial charge in [0, 0.05) is 18.8 Å². The lowest BCUT2D eigenvalue weighted by molar-refractivity contribution is -0.885. The number of aromatic nitrogens is 1. The predicted octanol–water partition coefficient (Wildman–Crippen LogP) is -0.637. The van der Waals surface area contributed by atoms with Gasteiger partial charge in [0.05, 0.1) is 38.6 Å². The standard InChI is InChI=1S/C18H27N3O5/c1-11-15(18(24)25-5)12(2)19-16(11)17(23)13(3)20(4)10-14(22)21-6-8-26-9-7-21/h13,19H,6-10H2,1-5H3/p+1/t13-/m0/s1. The van der Waals surface area contributed by atoms with Gasteiger partial charge in [0.15, 0.2) is 12.6 Å². The Balaban J connectivity index is 2.09. The molecule has 26 heavy (non-hydrogen) atoms. The van der Waals surface area contributed by atoms with Crippen LogP contribution in [0, 0.1) is 13.8 Å². The number of nitrogens with one attached hydrogen (secondary N) is 2. The third kappa shape index (κ3) is 4.13. The van der Waals surface area contributed by atoms with Crippen LogP contribution in [0.3, 0.4) is 0 Å². The van der Waals surface area contributed by atoms with Crippen molar-refractivity contribution in [1.82, 2.24) is 9.88 Å². The third-order valence-corrected chi connectivity index (χ3v) is 5.00. The van der Waals surface area contributed by atoms with E-state index in [1.54, 1.807) is 25.7 Å². The van der Waals surface area contributed by atoms with E-state index in [1.165, 1.54) is 7.11 Å². The second-order valence-corrected chi connectivity index (χ2v) is 6.72. The number of esters is 1. The largest absolute Gasteiger partial charge is 0.465 e. The second-order valence-electron chi connectivity index (χ2n) is 6.72. The summed E-state index contributed by atoms with van der Waals surface area (Å²) in [6, 6.07) is -0.428. The number of Topliss-reactive ketones (excluding diaryl/α,β-unsaturated/α-hetero) is 1. The molecular formula is C18H28N3O5+. The van der Waals surface area contributed by atoms with Crippen molar-refractivity contribution in [3.8, 4) is 0 Å². The van der Waals surface area contributed by atoms with Gasteiger partial charge in [0.25, 0.3) is 5.91 Å². The van der Waals surface area contributed by atoms with Crippen molar-refractivity contribution in [3.05, 3.63) is 22.5 Å². The number of methoxy groups -OCH3 is 1. The van der Waals surface area contributed by atoms with E-state index in [2.05, 4.69) is 4.98 Å². The average molecular weight is 366 g/mol. The molecule has 0 aromatic carbocycles. The molecule has 2 heterocycles. The van der Waals surface area contributed by atoms with Gasteiger partial charge < -0.3 is 24.3 Å². The van der Waals surface area contributed by atoms with Crippen LogP contribution in [0.5, 0.6) is 0 Å². The van der Waals surface area contributed by atoms with Gasteiger partial charge >= 0.3 is 5.97 Å². The van der Waals surface area contributed by atoms with Crippen LogP contribution in [-0.2, 0) is 14.3 Å². The molecule has 1 fully saturated rings. The average Bonchev–Trinajstić information content (AvgIpc) is 2.94. The van der Waals surface area contributed by atoms with Crippen LogP contribution in [0.15, 0.2) is 0 Å². The van der Waals surface area contributed by atoms with Gasteiger partial charge in [0.1, 0.15) is 0 Å². The number of carbonyl (C=O) groups is 3. The highest BCUT2D eigenvalue weighted by molar-refractivity contribution is 6.03. The van der Waals surface area contributed by atoms with Crippen LogP contribution >= 0.6 is 0 Å². The Morgan fingerprint density at radius 2 is 1.88 bits per heavy atom. The Morgan fingerprint density at radius 1 is 1.27 bits per heavy atom. The molecule has 0 bridgehead atoms. The number of rotatable bonds is 6. The van der Waals surface area contributed by atoms with Gasteiger partial charge in [-0.25, -0.2) is 4.79 Å². The molecule has 1 unspecified atom stereocenters. The monoisotopic (exact) mass is 366 g/mol. The zero-order chi connectivity index (χ0) is 19.4. The topological polar surface area (TPSA) is 93.1 Å². The Labute approximate surface area is 153 Å². The van der Waals surface area contributed by atoms with E-state index in [-0.39, 0.29) is 18.2 Å². The first-order valence-corrected chi connectivity index (χ1v) is 8.77. The maximum atomic E-state index is 12.9. The number of morpholine rings is 1. The van der Waals surface area contributed by atoms with Gasteiger partial charge in [-0.15, -0.1) is 0 Å². The van der Waals surface area contributed by atoms with Crippen LogP contribution in [-0.4, -0.2) is 80.6 Å². The summed E-state index contributed by atoms with van der Waals surface area (Å²) in [4.78, 5) is 42.8. The third-order valence-electron chi connectivity index (χ3n) is 5.00. The number of aryl methyl sites for hydroxylation is 1. The molecule has 8 heteroatoms. The summed E-state index contributed by atoms with van der Waals surface area (Å²) in [5.41, 5.74) is 1.98. The van der Waals surface area contributed by atoms with Crippen molar-refractivity contribution in [3.63, 3.8) is 0 Å². The molecule has 1 aromatic heterocycles. The molecule has 1 amide bonds. The first kappa shape index (κ1) is 20.1. The number of amides is 1. The molecule has 0 aliphatic carbocycles. The van der Waals surface area contributed by atoms with Crippen molar-refractivity contribution in [2.45, 2.75) is 26.8 Å². The van der Waals surface area contributed by atoms with Crippen LogP contribution in [0.25, 0.3) is 0 Å². The van der Waals surface area contributed by atoms with Gasteiger partial charge in [-0.3, -0.25) is 9.59 Å². The fraction of sp³-hybridized carbons (Fsp3) is 0.611. The maximum absolute atomic E-state index is 12.9. The van der Waals surface area contributed by atoms with Crippen LogP contribution in [0.2, 0.25) is 0 Å². The molecule has 0 saturated carbocycles. The van der Waals surface area contributed by atoms with Crippen molar-refractivity contribution >= 4 is 17.7 Å². The lowest BCUT2D eigenvalue weighted by Gasteiger charge is -2.28. The minimum Gasteiger partial charge on any atom is -0.465 e. The van der Waals surface area contributed by atoms with Crippen molar-refractivity contribution in [2.75, 3.05) is 47.0 Å². The molecule has 0 spiro atoms. The summed E-state index contributed by atoms with van der Waals surface area (Å²) in [6.07, 6.45) is 0. The number of ketones is 1. The number of carbonyl (C=O) groups excluding carboxylic acids is 3. The summed E-state index contributed by atoms with van der Waals surface area (Å²) in [7, 11) is 3.14. The smallest absolute Gasteiger partial charge is 0.339 e. The summed E-state index contributed by atoms with van der Waals surface area (Å²) in [5, 5.41) is 0. The number of H-pyrrole nitrogens is 1. The fourth-order valence-corrected chi connectivity index (χ4v) is 3.16. The summed E-state index contributed by atoms with van der Waals surface area (Å²) >= 11 is 0. The Morgan fingerprint density at radius 3 is 2.46 bits per heavy atom. The summed E-state index contributed by atoms with van der Waals surface area (Å²) in [5.74, 6) is -0.584. The van der Waals surface area contributed by atoms with Crippen molar-refractivity contribution in [2.24, 2.45) is 0 Å². The Hall–Kier alpha value is -2.19. The molecule has 144 valence electrons. The summed E-state index contributed by atoms with van der Waals surface area (Å²) < 4.78 is 10.0. The zero-order valence-corrected chi connectivity index (χ0v) is 16.1. The van der Waals surface area contributed by atoms with E-state index in [0.29, 0.717) is 48.8 Å². The van der Waals surface area contributed by atoms with Gasteiger partial charge in [0.2, 0.25) is 5.78 Å². The molecule has 1 aliphatic heterocycles. The second kappa shape index (κ2) is 8.46. The lowest BCUT2D eigenvalue weighted by atomic mass is 10.0. The first-order valence-electron chi connectivity index (χ1n) is 8.77. The van der Waals surface area contributed by atoms with E-state index in [0.717, 1.165) is 4.90 Å². The lowest BCUT2D eigenvalue weighted by Crippen LogP contribution is -3.14. The highest BCUT2D eigenvalue weighted by atomic mass is 16.5. The van der Waals surface area contributed by atoms with Gasteiger partial charge in [-0.1, -0.05) is 0 Å². The van der Waals surface area contributed by atoms with E-state index < -0.39 is 12.0 Å². The quantitative estimate of drug-likeness (QED) is 0.516. The van der Waals surface area contributed by atoms with Crippen LogP contribution in [0.1, 0.15) is 39.0 Å². The Bertz CT molecular complexity index is 691. The van der Waals surface area contributed by atoms with Gasteiger partial charge in [-0.2, -0.15) is 0 Å². The SMILES string of the molecule is COC(=O)c1c(C)[nH]c(C(=O)[C@H](C)[NH+](C)CC(=O)N2CCOCC2)c1C. The number of aromatic amines is 1. The fourth-order valence-electron chi connectivity index (χ4n) is 3.16. The number of ether oxygens (including phenoxy) is 2. The molecule has 2 rings (SSSR count). The first-order chi connectivity index (χ1) is 12.3. The number of likely N-dealkylation sites (N-methyl/N-ethyl adjacent to an activating group) is 1. The van der Waals surface area contributed by atoms with E-state index in [9.17, 15) is 14.4 Å². The van der Waals surface area contributed by atoms with Crippen LogP contribution in [0.4, 0.5) is 0 Å². The minimum absolute atomic E-state index is 0.0140. The number of hydrogen-bond acceptors (Lipinski definition) is 5. The summed E-state index contributed by atoms with van der Waals surface area (Å²) in [6.45, 7) is 7.76. The Kier molecular flexibility index (Phi) is 6.55. The molecular weight excluding hydrogens is 338 g/mol. The highest BCUT2D eigenvalue weighted by Crippen LogP contribution is 2.19. The molecule has 0 radical (unpaired) electrons. The number of nitrogens with zero attached hydrogens (tertiary/aromatic N) is 1. The zero-order valence-electron chi connectivity index (χ0n) is 16.1. The number of quaternary nitrogens is 1. The number of hydrogen-bond donors (Lipinski definition) is 2. The van der Waals surface area contributed by atoms with E-state index in [4.69, 9.17) is 9.47 Å².